The van der Waals surface area contributed by atoms with Crippen LogP contribution in [0, 0.1) is 12.7 Å². The van der Waals surface area contributed by atoms with Crippen LogP contribution in [-0.2, 0) is 6.54 Å². The zero-order chi connectivity index (χ0) is 20.2. The Morgan fingerprint density at radius 1 is 1.00 bits per heavy atom. The fourth-order valence-electron chi connectivity index (χ4n) is 3.41. The molecule has 1 N–H and O–H groups in total. The summed E-state index contributed by atoms with van der Waals surface area (Å²) in [7, 11) is 0. The van der Waals surface area contributed by atoms with Gasteiger partial charge in [0.05, 0.1) is 6.21 Å². The minimum atomic E-state index is -0.382. The molecule has 1 aromatic heterocycles. The summed E-state index contributed by atoms with van der Waals surface area (Å²) in [5, 5.41) is 5.21. The molecule has 4 nitrogen and oxygen atoms in total. The van der Waals surface area contributed by atoms with Gasteiger partial charge in [0.1, 0.15) is 5.82 Å². The second-order valence-electron chi connectivity index (χ2n) is 6.79. The van der Waals surface area contributed by atoms with E-state index >= 15 is 0 Å². The Bertz CT molecular complexity index is 1180. The number of nitrogens with zero attached hydrogens (tertiary/aromatic N) is 2. The molecule has 0 aliphatic heterocycles. The second-order valence-corrected chi connectivity index (χ2v) is 6.79. The molecule has 0 fully saturated rings. The number of amides is 1. The van der Waals surface area contributed by atoms with Crippen molar-refractivity contribution in [3.05, 3.63) is 107 Å². The number of carbonyl (C=O) groups excluding carboxylic acids is 1. The average Bonchev–Trinajstić information content (AvgIpc) is 3.01. The van der Waals surface area contributed by atoms with Crippen molar-refractivity contribution in [2.75, 3.05) is 0 Å². The third-order valence-corrected chi connectivity index (χ3v) is 4.93. The van der Waals surface area contributed by atoms with Gasteiger partial charge in [0.2, 0.25) is 0 Å². The number of aromatic nitrogens is 1. The highest BCUT2D eigenvalue weighted by atomic mass is 19.1. The molecule has 1 heterocycles. The fraction of sp³-hybridized carbons (Fsp3) is 0.0833. The van der Waals surface area contributed by atoms with E-state index in [1.807, 2.05) is 43.3 Å². The van der Waals surface area contributed by atoms with E-state index in [9.17, 15) is 9.18 Å². The summed E-state index contributed by atoms with van der Waals surface area (Å²) < 4.78 is 15.3. The number of nitrogens with one attached hydrogen (secondary N) is 1. The number of carbonyl (C=O) groups is 1. The maximum atomic E-state index is 13.0. The first-order valence-corrected chi connectivity index (χ1v) is 9.34. The van der Waals surface area contributed by atoms with Crippen molar-refractivity contribution in [3.63, 3.8) is 0 Å². The average molecular weight is 385 g/mol. The van der Waals surface area contributed by atoms with Gasteiger partial charge in [-0.05, 0) is 42.8 Å². The van der Waals surface area contributed by atoms with E-state index in [4.69, 9.17) is 0 Å². The molecule has 4 aromatic rings. The standard InChI is InChI=1S/C24H20FN3O/c1-17-22(15-26-27-24(29)19-11-13-20(25)14-12-19)21-9-5-6-10-23(21)28(17)16-18-7-3-2-4-8-18/h2-15H,16H2,1H3,(H,27,29). The van der Waals surface area contributed by atoms with Crippen molar-refractivity contribution in [1.29, 1.82) is 0 Å². The van der Waals surface area contributed by atoms with Crippen LogP contribution in [0.25, 0.3) is 10.9 Å². The Morgan fingerprint density at radius 3 is 2.45 bits per heavy atom. The summed E-state index contributed by atoms with van der Waals surface area (Å²) in [4.78, 5) is 12.2. The number of hydrogen-bond acceptors (Lipinski definition) is 2. The van der Waals surface area contributed by atoms with E-state index in [1.54, 1.807) is 6.21 Å². The van der Waals surface area contributed by atoms with Gasteiger partial charge in [-0.15, -0.1) is 0 Å². The van der Waals surface area contributed by atoms with Crippen molar-refractivity contribution < 1.29 is 9.18 Å². The van der Waals surface area contributed by atoms with Crippen LogP contribution in [0.5, 0.6) is 0 Å². The van der Waals surface area contributed by atoms with E-state index in [2.05, 4.69) is 33.3 Å². The quantitative estimate of drug-likeness (QED) is 0.385. The van der Waals surface area contributed by atoms with E-state index in [-0.39, 0.29) is 11.7 Å². The number of rotatable bonds is 5. The van der Waals surface area contributed by atoms with E-state index in [0.29, 0.717) is 5.56 Å². The first-order chi connectivity index (χ1) is 14.1. The monoisotopic (exact) mass is 385 g/mol. The van der Waals surface area contributed by atoms with Crippen molar-refractivity contribution in [2.45, 2.75) is 13.5 Å². The lowest BCUT2D eigenvalue weighted by Gasteiger charge is -2.08. The number of halogens is 1. The molecule has 29 heavy (non-hydrogen) atoms. The molecule has 3 aromatic carbocycles. The summed E-state index contributed by atoms with van der Waals surface area (Å²) in [6.07, 6.45) is 1.67. The Balaban J connectivity index is 1.62. The Labute approximate surface area is 168 Å². The first-order valence-electron chi connectivity index (χ1n) is 9.34. The Hall–Kier alpha value is -3.73. The molecule has 0 aliphatic carbocycles. The van der Waals surface area contributed by atoms with Crippen LogP contribution in [-0.4, -0.2) is 16.7 Å². The number of hydrazone groups is 1. The van der Waals surface area contributed by atoms with Crippen molar-refractivity contribution >= 4 is 23.0 Å². The number of hydrogen-bond donors (Lipinski definition) is 1. The molecule has 0 saturated heterocycles. The normalized spacial score (nSPS) is 11.2. The van der Waals surface area contributed by atoms with Crippen LogP contribution >= 0.6 is 0 Å². The zero-order valence-electron chi connectivity index (χ0n) is 16.0. The van der Waals surface area contributed by atoms with Gasteiger partial charge in [0.25, 0.3) is 5.91 Å². The third kappa shape index (κ3) is 3.94. The summed E-state index contributed by atoms with van der Waals surface area (Å²) in [5.74, 6) is -0.765. The lowest BCUT2D eigenvalue weighted by molar-refractivity contribution is 0.0955. The summed E-state index contributed by atoms with van der Waals surface area (Å²) in [6.45, 7) is 2.80. The number of fused-ring (bicyclic) bond motifs is 1. The topological polar surface area (TPSA) is 46.4 Å². The van der Waals surface area contributed by atoms with Crippen LogP contribution in [0.2, 0.25) is 0 Å². The molecule has 0 atom stereocenters. The lowest BCUT2D eigenvalue weighted by Crippen LogP contribution is -2.17. The molecule has 4 rings (SSSR count). The predicted molar refractivity (Wildman–Crippen MR) is 114 cm³/mol. The second kappa shape index (κ2) is 8.10. The van der Waals surface area contributed by atoms with Crippen LogP contribution in [0.15, 0.2) is 84.0 Å². The Morgan fingerprint density at radius 2 is 1.69 bits per heavy atom. The van der Waals surface area contributed by atoms with E-state index in [1.165, 1.54) is 29.8 Å². The fourth-order valence-corrected chi connectivity index (χ4v) is 3.41. The van der Waals surface area contributed by atoms with Crippen molar-refractivity contribution in [1.82, 2.24) is 9.99 Å². The minimum absolute atomic E-state index is 0.353. The molecular formula is C24H20FN3O. The van der Waals surface area contributed by atoms with Gasteiger partial charge in [-0.1, -0.05) is 48.5 Å². The van der Waals surface area contributed by atoms with Crippen molar-refractivity contribution in [3.8, 4) is 0 Å². The van der Waals surface area contributed by atoms with Gasteiger partial charge >= 0.3 is 0 Å². The van der Waals surface area contributed by atoms with Gasteiger partial charge in [-0.2, -0.15) is 5.10 Å². The van der Waals surface area contributed by atoms with Gasteiger partial charge in [-0.3, -0.25) is 4.79 Å². The minimum Gasteiger partial charge on any atom is -0.340 e. The highest BCUT2D eigenvalue weighted by molar-refractivity contribution is 6.02. The highest BCUT2D eigenvalue weighted by Crippen LogP contribution is 2.25. The maximum Gasteiger partial charge on any atom is 0.271 e. The molecule has 0 spiro atoms. The third-order valence-electron chi connectivity index (χ3n) is 4.93. The molecular weight excluding hydrogens is 365 g/mol. The lowest BCUT2D eigenvalue weighted by atomic mass is 10.1. The number of benzene rings is 3. The van der Waals surface area contributed by atoms with Crippen molar-refractivity contribution in [2.24, 2.45) is 5.10 Å². The first kappa shape index (κ1) is 18.6. The summed E-state index contributed by atoms with van der Waals surface area (Å²) >= 11 is 0. The van der Waals surface area contributed by atoms with Gasteiger partial charge < -0.3 is 4.57 Å². The van der Waals surface area contributed by atoms with Crippen LogP contribution in [0.1, 0.15) is 27.2 Å². The van der Waals surface area contributed by atoms with E-state index < -0.39 is 0 Å². The molecule has 0 unspecified atom stereocenters. The molecule has 0 radical (unpaired) electrons. The molecule has 1 amide bonds. The van der Waals surface area contributed by atoms with Gasteiger partial charge in [-0.25, -0.2) is 9.82 Å². The van der Waals surface area contributed by atoms with Crippen LogP contribution in [0.3, 0.4) is 0 Å². The summed E-state index contributed by atoms with van der Waals surface area (Å²) in [5.41, 5.74) is 7.21. The van der Waals surface area contributed by atoms with Gasteiger partial charge in [0.15, 0.2) is 0 Å². The molecule has 144 valence electrons. The maximum absolute atomic E-state index is 13.0. The smallest absolute Gasteiger partial charge is 0.271 e. The molecule has 0 saturated carbocycles. The molecule has 0 bridgehead atoms. The SMILES string of the molecule is Cc1c(C=NNC(=O)c2ccc(F)cc2)c2ccccc2n1Cc1ccccc1. The summed E-state index contributed by atoms with van der Waals surface area (Å²) in [6, 6.07) is 23.8. The van der Waals surface area contributed by atoms with Crippen LogP contribution < -0.4 is 5.43 Å². The van der Waals surface area contributed by atoms with Crippen LogP contribution in [0.4, 0.5) is 4.39 Å². The largest absolute Gasteiger partial charge is 0.340 e. The number of para-hydroxylation sites is 1. The predicted octanol–water partition coefficient (Wildman–Crippen LogP) is 4.90. The Kier molecular flexibility index (Phi) is 5.20. The van der Waals surface area contributed by atoms with Gasteiger partial charge in [0, 0.05) is 34.3 Å². The highest BCUT2D eigenvalue weighted by Gasteiger charge is 2.13. The molecule has 0 aliphatic rings. The zero-order valence-corrected chi connectivity index (χ0v) is 16.0. The molecule has 5 heteroatoms. The van der Waals surface area contributed by atoms with E-state index in [0.717, 1.165) is 28.7 Å².